The minimum atomic E-state index is -0.701. The van der Waals surface area contributed by atoms with Crippen molar-refractivity contribution in [3.05, 3.63) is 57.6 Å². The summed E-state index contributed by atoms with van der Waals surface area (Å²) in [5.74, 6) is 1.26. The van der Waals surface area contributed by atoms with E-state index in [1.54, 1.807) is 32.4 Å². The van der Waals surface area contributed by atoms with Gasteiger partial charge < -0.3 is 15.2 Å². The summed E-state index contributed by atoms with van der Waals surface area (Å²) in [5, 5.41) is 10.5. The number of nitriles is 1. The molecule has 0 radical (unpaired) electrons. The third kappa shape index (κ3) is 4.06. The summed E-state index contributed by atoms with van der Waals surface area (Å²) in [6.07, 6.45) is 0.418. The van der Waals surface area contributed by atoms with E-state index in [4.69, 9.17) is 38.4 Å². The lowest BCUT2D eigenvalue weighted by molar-refractivity contribution is 0.354. The van der Waals surface area contributed by atoms with Crippen molar-refractivity contribution in [3.8, 4) is 17.6 Å². The molecular weight excluding hydrogens is 399 g/mol. The predicted molar refractivity (Wildman–Crippen MR) is 111 cm³/mol. The van der Waals surface area contributed by atoms with Crippen molar-refractivity contribution in [1.29, 1.82) is 5.26 Å². The van der Waals surface area contributed by atoms with Crippen LogP contribution in [0.3, 0.4) is 0 Å². The normalized spacial score (nSPS) is 18.7. The Bertz CT molecular complexity index is 998. The fourth-order valence-electron chi connectivity index (χ4n) is 3.03. The Kier molecular flexibility index (Phi) is 6.08. The molecule has 1 heterocycles. The molecule has 2 aromatic carbocycles. The van der Waals surface area contributed by atoms with Crippen molar-refractivity contribution in [2.24, 2.45) is 21.6 Å². The quantitative estimate of drug-likeness (QED) is 0.789. The highest BCUT2D eigenvalue weighted by molar-refractivity contribution is 6.35. The summed E-state index contributed by atoms with van der Waals surface area (Å²) < 4.78 is 10.6. The zero-order valence-corrected chi connectivity index (χ0v) is 16.8. The van der Waals surface area contributed by atoms with E-state index >= 15 is 0 Å². The summed E-state index contributed by atoms with van der Waals surface area (Å²) in [7, 11) is 3.15. The highest BCUT2D eigenvalue weighted by Crippen LogP contribution is 2.36. The van der Waals surface area contributed by atoms with Gasteiger partial charge in [-0.15, -0.1) is 0 Å². The van der Waals surface area contributed by atoms with E-state index in [1.165, 1.54) is 0 Å². The second kappa shape index (κ2) is 8.51. The number of aliphatic imine (C=N–C) groups is 2. The van der Waals surface area contributed by atoms with Gasteiger partial charge in [0.25, 0.3) is 0 Å². The summed E-state index contributed by atoms with van der Waals surface area (Å²) in [4.78, 5) is 9.00. The molecule has 0 amide bonds. The van der Waals surface area contributed by atoms with Gasteiger partial charge in [0, 0.05) is 16.5 Å². The van der Waals surface area contributed by atoms with Crippen LogP contribution in [-0.4, -0.2) is 25.9 Å². The molecule has 0 aromatic heterocycles. The predicted octanol–water partition coefficient (Wildman–Crippen LogP) is 4.20. The van der Waals surface area contributed by atoms with Crippen LogP contribution in [0.1, 0.15) is 17.2 Å². The molecule has 2 N–H and O–H groups in total. The maximum Gasteiger partial charge on any atom is 0.161 e. The molecule has 1 aliphatic rings. The molecule has 8 heteroatoms. The minimum absolute atomic E-state index is 0.212. The van der Waals surface area contributed by atoms with Crippen LogP contribution < -0.4 is 15.2 Å². The van der Waals surface area contributed by atoms with Crippen LogP contribution in [0.25, 0.3) is 0 Å². The van der Waals surface area contributed by atoms with Crippen LogP contribution in [0.15, 0.2) is 46.4 Å². The van der Waals surface area contributed by atoms with Crippen molar-refractivity contribution in [1.82, 2.24) is 0 Å². The topological polar surface area (TPSA) is 93.0 Å². The first-order valence-electron chi connectivity index (χ1n) is 8.43. The molecule has 0 bridgehead atoms. The minimum Gasteiger partial charge on any atom is -0.493 e. The van der Waals surface area contributed by atoms with Gasteiger partial charge in [-0.2, -0.15) is 5.26 Å². The Morgan fingerprint density at radius 3 is 2.50 bits per heavy atom. The van der Waals surface area contributed by atoms with E-state index in [-0.39, 0.29) is 5.84 Å². The Hall–Kier alpha value is -2.75. The molecule has 2 atom stereocenters. The fraction of sp³-hybridized carbons (Fsp3) is 0.250. The van der Waals surface area contributed by atoms with Crippen LogP contribution >= 0.6 is 23.2 Å². The molecule has 6 nitrogen and oxygen atoms in total. The summed E-state index contributed by atoms with van der Waals surface area (Å²) >= 11 is 12.3. The summed E-state index contributed by atoms with van der Waals surface area (Å²) in [5.41, 5.74) is 7.68. The van der Waals surface area contributed by atoms with Gasteiger partial charge in [0.2, 0.25) is 0 Å². The number of methoxy groups -OCH3 is 2. The zero-order valence-electron chi connectivity index (χ0n) is 15.3. The molecule has 0 fully saturated rings. The van der Waals surface area contributed by atoms with Crippen molar-refractivity contribution in [3.63, 3.8) is 0 Å². The molecular formula is C20H18Cl2N4O2. The van der Waals surface area contributed by atoms with Crippen LogP contribution in [-0.2, 0) is 6.42 Å². The highest BCUT2D eigenvalue weighted by Gasteiger charge is 2.31. The Morgan fingerprint density at radius 2 is 1.86 bits per heavy atom. The number of hydrogen-bond acceptors (Lipinski definition) is 6. The van der Waals surface area contributed by atoms with E-state index in [0.717, 1.165) is 5.56 Å². The maximum atomic E-state index is 9.56. The SMILES string of the molecule is COc1ccc(CC2=N[C@@H](c3ccc(Cl)cc3Cl)[C@@H](C#N)C(N)=N2)cc1OC. The number of nitrogens with two attached hydrogens (primary N) is 1. The Balaban J connectivity index is 1.97. The highest BCUT2D eigenvalue weighted by atomic mass is 35.5. The molecule has 28 heavy (non-hydrogen) atoms. The van der Waals surface area contributed by atoms with Crippen molar-refractivity contribution in [2.75, 3.05) is 14.2 Å². The molecule has 2 aromatic rings. The molecule has 0 aliphatic carbocycles. The zero-order chi connectivity index (χ0) is 20.3. The first-order valence-corrected chi connectivity index (χ1v) is 9.18. The van der Waals surface area contributed by atoms with Crippen LogP contribution in [0.4, 0.5) is 0 Å². The van der Waals surface area contributed by atoms with Crippen LogP contribution in [0.2, 0.25) is 10.0 Å². The van der Waals surface area contributed by atoms with E-state index in [0.29, 0.717) is 39.4 Å². The maximum absolute atomic E-state index is 9.56. The number of benzene rings is 2. The van der Waals surface area contributed by atoms with Crippen LogP contribution in [0.5, 0.6) is 11.5 Å². The standard InChI is InChI=1S/C20H18Cl2N4O2/c1-27-16-6-3-11(7-17(16)28-2)8-18-25-19(14(10-23)20(24)26-18)13-5-4-12(21)9-15(13)22/h3-7,9,14,19H,8H2,1-2H3,(H2,24,25,26)/t14-,19+/m1/s1. The first kappa shape index (κ1) is 20.0. The van der Waals surface area contributed by atoms with E-state index in [9.17, 15) is 5.26 Å². The lowest BCUT2D eigenvalue weighted by Crippen LogP contribution is -2.32. The van der Waals surface area contributed by atoms with Gasteiger partial charge in [-0.1, -0.05) is 35.3 Å². The lowest BCUT2D eigenvalue weighted by atomic mass is 9.92. The van der Waals surface area contributed by atoms with Gasteiger partial charge in [-0.05, 0) is 35.4 Å². The van der Waals surface area contributed by atoms with Crippen molar-refractivity contribution >= 4 is 34.9 Å². The van der Waals surface area contributed by atoms with Gasteiger partial charge in [-0.3, -0.25) is 4.99 Å². The molecule has 1 aliphatic heterocycles. The number of nitrogens with zero attached hydrogens (tertiary/aromatic N) is 3. The molecule has 0 unspecified atom stereocenters. The van der Waals surface area contributed by atoms with Crippen LogP contribution in [0, 0.1) is 17.2 Å². The van der Waals surface area contributed by atoms with Gasteiger partial charge >= 0.3 is 0 Å². The van der Waals surface area contributed by atoms with E-state index in [1.807, 2.05) is 18.2 Å². The number of amidine groups is 2. The second-order valence-electron chi connectivity index (χ2n) is 6.17. The molecule has 0 saturated heterocycles. The van der Waals surface area contributed by atoms with E-state index < -0.39 is 12.0 Å². The number of ether oxygens (including phenoxy) is 2. The largest absolute Gasteiger partial charge is 0.493 e. The number of rotatable bonds is 5. The first-order chi connectivity index (χ1) is 13.5. The number of halogens is 2. The fourth-order valence-corrected chi connectivity index (χ4v) is 3.55. The monoisotopic (exact) mass is 416 g/mol. The summed E-state index contributed by atoms with van der Waals surface area (Å²) in [6, 6.07) is 12.3. The molecule has 0 spiro atoms. The third-order valence-corrected chi connectivity index (χ3v) is 4.97. The molecule has 0 saturated carbocycles. The number of hydrogen-bond donors (Lipinski definition) is 1. The van der Waals surface area contributed by atoms with Crippen molar-refractivity contribution < 1.29 is 9.47 Å². The lowest BCUT2D eigenvalue weighted by Gasteiger charge is -2.24. The smallest absolute Gasteiger partial charge is 0.161 e. The molecule has 3 rings (SSSR count). The Morgan fingerprint density at radius 1 is 1.11 bits per heavy atom. The van der Waals surface area contributed by atoms with Gasteiger partial charge in [0.05, 0.1) is 20.3 Å². The summed E-state index contributed by atoms with van der Waals surface area (Å²) in [6.45, 7) is 0. The third-order valence-electron chi connectivity index (χ3n) is 4.41. The second-order valence-corrected chi connectivity index (χ2v) is 7.01. The molecule has 144 valence electrons. The average Bonchev–Trinajstić information content (AvgIpc) is 2.67. The van der Waals surface area contributed by atoms with E-state index in [2.05, 4.69) is 16.1 Å². The van der Waals surface area contributed by atoms with Gasteiger partial charge in [0.1, 0.15) is 23.6 Å². The van der Waals surface area contributed by atoms with Gasteiger partial charge in [-0.25, -0.2) is 4.99 Å². The van der Waals surface area contributed by atoms with Crippen molar-refractivity contribution in [2.45, 2.75) is 12.5 Å². The average molecular weight is 417 g/mol. The Labute approximate surface area is 173 Å². The van der Waals surface area contributed by atoms with Gasteiger partial charge in [0.15, 0.2) is 11.5 Å².